The summed E-state index contributed by atoms with van der Waals surface area (Å²) in [4.78, 5) is 128. The fraction of sp³-hybridized carbons (Fsp3) is 0.337. The van der Waals surface area contributed by atoms with Gasteiger partial charge in [0.25, 0.3) is 22.0 Å². The zero-order chi connectivity index (χ0) is 103. The number of rotatable bonds is 33. The summed E-state index contributed by atoms with van der Waals surface area (Å²) in [7, 11) is -2.08. The van der Waals surface area contributed by atoms with Gasteiger partial charge in [-0.1, -0.05) is 116 Å². The lowest BCUT2D eigenvalue weighted by Gasteiger charge is -2.34. The van der Waals surface area contributed by atoms with Crippen molar-refractivity contribution in [1.29, 1.82) is 0 Å². The number of hydrogen-bond acceptors (Lipinski definition) is 23. The number of anilines is 2. The van der Waals surface area contributed by atoms with Gasteiger partial charge >= 0.3 is 17.6 Å². The van der Waals surface area contributed by atoms with Crippen LogP contribution in [0.15, 0.2) is 238 Å². The number of amides is 5. The molecule has 0 radical (unpaired) electrons. The molecule has 2 aliphatic heterocycles. The largest absolute Gasteiger partial charge is 0.497 e. The van der Waals surface area contributed by atoms with Gasteiger partial charge in [0.05, 0.1) is 54.8 Å². The first-order valence-corrected chi connectivity index (χ1v) is 51.3. The van der Waals surface area contributed by atoms with Gasteiger partial charge in [0, 0.05) is 142 Å². The highest BCUT2D eigenvalue weighted by Crippen LogP contribution is 2.35. The molecule has 8 aromatic carbocycles. The lowest BCUT2D eigenvalue weighted by molar-refractivity contribution is -0.132. The minimum Gasteiger partial charge on any atom is -0.497 e. The first-order chi connectivity index (χ1) is 67.3. The Kier molecular flexibility index (Phi) is 45.3. The fourth-order valence-corrected chi connectivity index (χ4v) is 19.1. The number of benzene rings is 8. The van der Waals surface area contributed by atoms with E-state index >= 15 is 0 Å². The van der Waals surface area contributed by atoms with Gasteiger partial charge in [-0.2, -0.15) is 17.0 Å². The van der Waals surface area contributed by atoms with Crippen LogP contribution >= 0.6 is 47.1 Å². The van der Waals surface area contributed by atoms with E-state index in [-0.39, 0.29) is 89.2 Å². The molecule has 3 N–H and O–H groups in total. The normalized spacial score (nSPS) is 13.2. The molecule has 3 fully saturated rings. The van der Waals surface area contributed by atoms with Crippen LogP contribution < -0.4 is 40.1 Å². The average molecular weight is 2070 g/mol. The standard InChI is InChI=1S/C21H25NO3S.C20H29N3O4S.C20H19NO4.C19H14FNO5.C13H13FN2OS2.C11H20ClN3O2.ClH/c1-26(24,25)22(20-9-3-2-4-10-20)16-18-11-13-19(14-12-18)21(23)15-17-7-5-6-8-17;1-5-13-22(14-6-2)20(24)17-7-9-18(10-8-17)27-19-11-15-23(16-12-19)28(25,26)21(3)4;1-12-20(13(2)22)18-11-17(25-14(3)23)9-10-19(18)21(12)15-5-7-16(24-4)8-6-15;1-11-6-7-15(14(20)8-11)21-17(22)10-25-18(23)13-9-12-4-2-3-5-16(12)26-19(13)24;1-2-15-12(17)8-19-13-16-11(7-18-13)9-3-5-10(14)6-4-9;1-9(2)13-10(16)8-14-3-5-15(6-4-14)11(17)7-12;/h2-4,9-14,17H,5-8,15-16H2,1H3;5-10,19H,1-2,11-16H2,3-4H3;5-11H,1-4H3;2-9H,10H2,1H3,(H,21,22);3-7H,2,8H2,1H3,(H,15,17);9H,3-8H2,1-2H3,(H,13,16);1H. The third-order valence-electron chi connectivity index (χ3n) is 22.3. The number of halogens is 4. The second kappa shape index (κ2) is 56.2. The summed E-state index contributed by atoms with van der Waals surface area (Å²) in [5.41, 5.74) is 7.57. The highest BCUT2D eigenvalue weighted by atomic mass is 35.5. The van der Waals surface area contributed by atoms with Crippen LogP contribution in [0.2, 0.25) is 0 Å². The number of fused-ring (bicyclic) bond motifs is 2. The van der Waals surface area contributed by atoms with Gasteiger partial charge in [-0.3, -0.25) is 47.6 Å². The van der Waals surface area contributed by atoms with Crippen LogP contribution in [0.3, 0.4) is 0 Å². The summed E-state index contributed by atoms with van der Waals surface area (Å²) in [6.45, 7) is 24.8. The van der Waals surface area contributed by atoms with Crippen LogP contribution in [0.25, 0.3) is 38.8 Å². The molecule has 14 rings (SSSR count). The Hall–Kier alpha value is -12.8. The number of esters is 2. The number of piperidine rings is 1. The lowest BCUT2D eigenvalue weighted by Crippen LogP contribution is -2.51. The number of piperazine rings is 1. The number of alkyl halides is 1. The van der Waals surface area contributed by atoms with Crippen molar-refractivity contribution in [3.8, 4) is 34.2 Å². The van der Waals surface area contributed by atoms with Crippen molar-refractivity contribution in [3.63, 3.8) is 0 Å². The monoisotopic (exact) mass is 2060 g/mol. The van der Waals surface area contributed by atoms with Gasteiger partial charge in [0.1, 0.15) is 52.0 Å². The molecule has 0 bridgehead atoms. The highest BCUT2D eigenvalue weighted by Gasteiger charge is 2.32. The van der Waals surface area contributed by atoms with Crippen LogP contribution in [-0.4, -0.2) is 226 Å². The second-order valence-corrected chi connectivity index (χ2v) is 40.0. The molecule has 758 valence electrons. The number of ketones is 2. The number of sulfonamides is 1. The van der Waals surface area contributed by atoms with Crippen molar-refractivity contribution < 1.29 is 92.1 Å². The van der Waals surface area contributed by atoms with Gasteiger partial charge in [-0.15, -0.1) is 48.5 Å². The summed E-state index contributed by atoms with van der Waals surface area (Å²) < 4.78 is 108. The van der Waals surface area contributed by atoms with Crippen molar-refractivity contribution in [2.24, 2.45) is 5.92 Å². The molecule has 1 saturated carbocycles. The molecule has 0 atom stereocenters. The summed E-state index contributed by atoms with van der Waals surface area (Å²) in [6, 6.07) is 55.1. The molecule has 142 heavy (non-hydrogen) atoms. The lowest BCUT2D eigenvalue weighted by atomic mass is 9.96. The highest BCUT2D eigenvalue weighted by molar-refractivity contribution is 8.01. The maximum absolute atomic E-state index is 13.7. The Morgan fingerprint density at radius 1 is 0.718 bits per heavy atom. The number of carbonyl (C=O) groups excluding carboxylic acids is 9. The van der Waals surface area contributed by atoms with Gasteiger partial charge in [-0.05, 0) is 199 Å². The molecule has 5 amide bonds. The molecule has 3 aliphatic rings. The molecule has 38 heteroatoms. The van der Waals surface area contributed by atoms with Crippen molar-refractivity contribution >= 4 is 154 Å². The van der Waals surface area contributed by atoms with E-state index in [0.717, 1.165) is 75.1 Å². The summed E-state index contributed by atoms with van der Waals surface area (Å²) >= 11 is 8.39. The second-order valence-electron chi connectivity index (χ2n) is 33.6. The Bertz CT molecular complexity index is 6430. The predicted molar refractivity (Wildman–Crippen MR) is 555 cm³/mol. The predicted octanol–water partition coefficient (Wildman–Crippen LogP) is 17.2. The maximum atomic E-state index is 13.7. The van der Waals surface area contributed by atoms with E-state index < -0.39 is 56.1 Å². The van der Waals surface area contributed by atoms with Crippen LogP contribution in [0.1, 0.15) is 138 Å². The quantitative estimate of drug-likeness (QED) is 0.00654. The molecular formula is C104H121Cl2F2N11O19S4. The molecule has 2 saturated heterocycles. The third kappa shape index (κ3) is 34.8. The number of aryl methyl sites for hydroxylation is 1. The Morgan fingerprint density at radius 2 is 1.34 bits per heavy atom. The van der Waals surface area contributed by atoms with Gasteiger partial charge in [-0.25, -0.2) is 31.8 Å². The van der Waals surface area contributed by atoms with Crippen molar-refractivity contribution in [2.45, 2.75) is 116 Å². The number of thioether (sulfide) groups is 1. The Labute approximate surface area is 846 Å². The van der Waals surface area contributed by atoms with Crippen LogP contribution in [0.5, 0.6) is 17.2 Å². The van der Waals surface area contributed by atoms with Gasteiger partial charge in [0.15, 0.2) is 22.5 Å². The van der Waals surface area contributed by atoms with Crippen LogP contribution in [0.4, 0.5) is 20.2 Å². The Morgan fingerprint density at radius 3 is 1.92 bits per heavy atom. The molecule has 11 aromatic rings. The number of para-hydroxylation sites is 2. The van der Waals surface area contributed by atoms with Crippen molar-refractivity contribution in [2.75, 3.05) is 121 Å². The summed E-state index contributed by atoms with van der Waals surface area (Å²) in [5.74, 6) is -0.106. The van der Waals surface area contributed by atoms with Crippen LogP contribution in [0, 0.1) is 31.4 Å². The minimum atomic E-state index is -3.39. The third-order valence-corrected chi connectivity index (χ3v) is 27.6. The minimum absolute atomic E-state index is 0. The number of Topliss-reactive ketones (excluding diaryl/α,β-unsaturated/α-hetero) is 2. The SMILES string of the molecule is C=CCN(CC=C)C(=O)c1ccc(OC2CCN(S(=O)(=O)N(C)C)CC2)cc1.CC(C)NC(=O)CN1CCN(C(=O)CCl)CC1.CCNC(=O)CSc1nc(-c2ccc(F)cc2)cs1.COc1ccc(-n2c(C)c(C(C)=O)c3cc(OC(C)=O)ccc32)cc1.CS(=O)(=O)N(Cc1ccc(C(=O)CC2CCCC2)cc1)c1ccccc1.Cc1ccc(NC(=O)COC(=O)c2cc3ccccc3oc2=O)c(F)c1.Cl. The zero-order valence-corrected chi connectivity index (χ0v) is 86.1. The molecule has 0 spiro atoms. The number of aromatic nitrogens is 2. The number of ether oxygens (including phenoxy) is 4. The average Bonchev–Trinajstić information content (AvgIpc) is 1.60. The number of hydrogen-bond donors (Lipinski definition) is 3. The topological polar surface area (TPSA) is 362 Å². The number of carbonyl (C=O) groups is 9. The fourth-order valence-electron chi connectivity index (χ4n) is 15.3. The summed E-state index contributed by atoms with van der Waals surface area (Å²) in [6.07, 6.45) is 11.2. The molecular weight excluding hydrogens is 1940 g/mol. The van der Waals surface area contributed by atoms with Crippen molar-refractivity contribution in [1.82, 2.24) is 43.5 Å². The van der Waals surface area contributed by atoms with Gasteiger partial charge in [0.2, 0.25) is 27.7 Å². The first-order valence-electron chi connectivity index (χ1n) is 45.6. The zero-order valence-electron chi connectivity index (χ0n) is 81.2. The van der Waals surface area contributed by atoms with E-state index in [9.17, 15) is 73.6 Å². The smallest absolute Gasteiger partial charge is 0.351 e. The van der Waals surface area contributed by atoms with E-state index in [0.29, 0.717) is 134 Å². The Balaban J connectivity index is 0.000000210. The number of nitrogens with one attached hydrogen (secondary N) is 3. The molecule has 0 unspecified atom stereocenters. The van der Waals surface area contributed by atoms with Crippen molar-refractivity contribution in [3.05, 3.63) is 286 Å². The maximum Gasteiger partial charge on any atom is 0.351 e. The molecule has 1 aliphatic carbocycles. The van der Waals surface area contributed by atoms with Gasteiger partial charge < -0.3 is 53.7 Å². The summed E-state index contributed by atoms with van der Waals surface area (Å²) in [5, 5.41) is 11.1. The molecule has 30 nitrogen and oxygen atoms in total. The number of nitrogens with zero attached hydrogens (tertiary/aromatic N) is 8. The number of methoxy groups -OCH3 is 1. The first kappa shape index (κ1) is 114. The molecule has 5 heterocycles. The van der Waals surface area contributed by atoms with E-state index in [1.807, 2.05) is 110 Å². The van der Waals surface area contributed by atoms with Crippen LogP contribution in [-0.2, 0) is 55.5 Å². The van der Waals surface area contributed by atoms with E-state index in [1.165, 1.54) is 106 Å². The van der Waals surface area contributed by atoms with E-state index in [2.05, 4.69) is 39.0 Å². The van der Waals surface area contributed by atoms with E-state index in [1.54, 1.807) is 134 Å². The molecule has 3 aromatic heterocycles. The van der Waals surface area contributed by atoms with E-state index in [4.69, 9.17) is 35.0 Å². The number of thiazole rings is 1.